The van der Waals surface area contributed by atoms with E-state index in [0.717, 1.165) is 0 Å². The van der Waals surface area contributed by atoms with Crippen LogP contribution in [0.5, 0.6) is 6.01 Å². The van der Waals surface area contributed by atoms with Crippen molar-refractivity contribution < 1.29 is 23.1 Å². The maximum atomic E-state index is 12.8. The molecule has 0 aliphatic rings. The Labute approximate surface area is 208 Å². The molecule has 0 aliphatic carbocycles. The number of nitrogens with zero attached hydrogens (tertiary/aromatic N) is 6. The van der Waals surface area contributed by atoms with Crippen LogP contribution in [0.4, 0.5) is 42.1 Å². The Morgan fingerprint density at radius 3 is 2.11 bits per heavy atom. The second-order valence-electron chi connectivity index (χ2n) is 7.39. The van der Waals surface area contributed by atoms with E-state index in [0.29, 0.717) is 16.9 Å². The number of halogens is 3. The van der Waals surface area contributed by atoms with Gasteiger partial charge < -0.3 is 15.2 Å². The Balaban J connectivity index is 1.70. The fourth-order valence-corrected chi connectivity index (χ4v) is 3.13. The molecule has 0 fully saturated rings. The first-order valence-electron chi connectivity index (χ1n) is 10.7. The van der Waals surface area contributed by atoms with Crippen molar-refractivity contribution in [1.82, 2.24) is 15.0 Å². The van der Waals surface area contributed by atoms with E-state index >= 15 is 0 Å². The predicted molar refractivity (Wildman–Crippen MR) is 131 cm³/mol. The maximum absolute atomic E-state index is 12.8. The molecule has 0 atom stereocenters. The number of rotatable bonds is 9. The number of ether oxygens (including phenoxy) is 1. The van der Waals surface area contributed by atoms with Crippen LogP contribution in [0, 0.1) is 5.21 Å². The number of hydrogen-bond donors (Lipinski definition) is 2. The molecule has 13 heteroatoms. The molecule has 10 nitrogen and oxygen atoms in total. The highest BCUT2D eigenvalue weighted by molar-refractivity contribution is 5.81. The van der Waals surface area contributed by atoms with E-state index in [1.165, 1.54) is 24.4 Å². The van der Waals surface area contributed by atoms with Crippen LogP contribution < -0.4 is 20.3 Å². The summed E-state index contributed by atoms with van der Waals surface area (Å²) in [5, 5.41) is 23.8. The summed E-state index contributed by atoms with van der Waals surface area (Å²) in [7, 11) is 0. The quantitative estimate of drug-likeness (QED) is 0.224. The SMILES string of the molecule is [O-]N(O)c1cccc(C=NNc2nc(OCC(F)(F)F)nc(N(c3ccccc3)c3ccccc3)n2)c1. The van der Waals surface area contributed by atoms with E-state index < -0.39 is 18.8 Å². The molecule has 0 saturated carbocycles. The molecule has 190 valence electrons. The molecule has 0 saturated heterocycles. The van der Waals surface area contributed by atoms with Gasteiger partial charge in [-0.3, -0.25) is 10.1 Å². The minimum atomic E-state index is -4.61. The van der Waals surface area contributed by atoms with E-state index in [1.807, 2.05) is 12.1 Å². The summed E-state index contributed by atoms with van der Waals surface area (Å²) >= 11 is 0. The number of alkyl halides is 3. The van der Waals surface area contributed by atoms with Crippen molar-refractivity contribution >= 4 is 35.2 Å². The molecule has 0 bridgehead atoms. The van der Waals surface area contributed by atoms with Crippen LogP contribution in [-0.2, 0) is 0 Å². The minimum Gasteiger partial charge on any atom is -0.733 e. The molecule has 3 aromatic carbocycles. The van der Waals surface area contributed by atoms with Crippen molar-refractivity contribution in [2.75, 3.05) is 22.2 Å². The Hall–Kier alpha value is -4.75. The van der Waals surface area contributed by atoms with Crippen molar-refractivity contribution in [3.05, 3.63) is 95.7 Å². The smallest absolute Gasteiger partial charge is 0.422 e. The second-order valence-corrected chi connectivity index (χ2v) is 7.39. The molecule has 1 heterocycles. The fourth-order valence-electron chi connectivity index (χ4n) is 3.13. The number of hydrogen-bond acceptors (Lipinski definition) is 10. The van der Waals surface area contributed by atoms with Crippen LogP contribution in [0.1, 0.15) is 5.56 Å². The van der Waals surface area contributed by atoms with Gasteiger partial charge in [0.2, 0.25) is 5.95 Å². The van der Waals surface area contributed by atoms with Gasteiger partial charge >= 0.3 is 12.2 Å². The standard InChI is InChI=1S/C24H19F3N7O3/c25-24(26,27)16-37-23-30-21(32-28-15-17-8-7-13-20(14-17)34(35)36)29-22(31-23)33(18-9-3-1-4-10-18)19-11-5-2-6-12-19/h1-15,35H,16H2,(H,29,30,31,32)/q-1. The van der Waals surface area contributed by atoms with Gasteiger partial charge in [-0.15, -0.1) is 0 Å². The van der Waals surface area contributed by atoms with E-state index in [1.54, 1.807) is 59.5 Å². The number of aromatic nitrogens is 3. The van der Waals surface area contributed by atoms with Gasteiger partial charge in [-0.1, -0.05) is 48.5 Å². The summed E-state index contributed by atoms with van der Waals surface area (Å²) in [6.07, 6.45) is -3.30. The first-order chi connectivity index (χ1) is 17.8. The highest BCUT2D eigenvalue weighted by atomic mass is 19.4. The minimum absolute atomic E-state index is 0.0180. The highest BCUT2D eigenvalue weighted by Gasteiger charge is 2.29. The highest BCUT2D eigenvalue weighted by Crippen LogP contribution is 2.33. The van der Waals surface area contributed by atoms with Crippen molar-refractivity contribution in [3.63, 3.8) is 0 Å². The van der Waals surface area contributed by atoms with Gasteiger partial charge in [0.15, 0.2) is 6.61 Å². The molecule has 0 radical (unpaired) electrons. The van der Waals surface area contributed by atoms with E-state index in [2.05, 4.69) is 25.5 Å². The lowest BCUT2D eigenvalue weighted by Crippen LogP contribution is -2.21. The van der Waals surface area contributed by atoms with Crippen LogP contribution in [-0.4, -0.2) is 39.2 Å². The monoisotopic (exact) mass is 510 g/mol. The zero-order chi connectivity index (χ0) is 26.3. The van der Waals surface area contributed by atoms with Gasteiger partial charge in [0, 0.05) is 11.4 Å². The van der Waals surface area contributed by atoms with E-state index in [9.17, 15) is 18.4 Å². The van der Waals surface area contributed by atoms with Crippen LogP contribution >= 0.6 is 0 Å². The summed E-state index contributed by atoms with van der Waals surface area (Å²) in [5.74, 6) is -0.217. The van der Waals surface area contributed by atoms with Crippen molar-refractivity contribution in [2.24, 2.45) is 5.10 Å². The topological polar surface area (TPSA) is 122 Å². The van der Waals surface area contributed by atoms with Crippen LogP contribution in [0.15, 0.2) is 90.0 Å². The lowest BCUT2D eigenvalue weighted by Gasteiger charge is -2.23. The Bertz CT molecular complexity index is 1300. The molecule has 4 rings (SSSR count). The van der Waals surface area contributed by atoms with Gasteiger partial charge in [0.1, 0.15) is 0 Å². The van der Waals surface area contributed by atoms with E-state index in [4.69, 9.17) is 9.94 Å². The Morgan fingerprint density at radius 2 is 1.51 bits per heavy atom. The molecule has 0 unspecified atom stereocenters. The number of benzene rings is 3. The first kappa shape index (κ1) is 25.3. The van der Waals surface area contributed by atoms with Crippen molar-refractivity contribution in [2.45, 2.75) is 6.18 Å². The van der Waals surface area contributed by atoms with Crippen molar-refractivity contribution in [1.29, 1.82) is 0 Å². The first-order valence-corrected chi connectivity index (χ1v) is 10.7. The number of para-hydroxylation sites is 2. The lowest BCUT2D eigenvalue weighted by molar-refractivity contribution is -0.154. The number of nitrogens with one attached hydrogen (secondary N) is 1. The van der Waals surface area contributed by atoms with Crippen LogP contribution in [0.3, 0.4) is 0 Å². The van der Waals surface area contributed by atoms with Gasteiger partial charge in [0.25, 0.3) is 5.95 Å². The van der Waals surface area contributed by atoms with Crippen LogP contribution in [0.25, 0.3) is 0 Å². The van der Waals surface area contributed by atoms with Crippen LogP contribution in [0.2, 0.25) is 0 Å². The van der Waals surface area contributed by atoms with Gasteiger partial charge in [-0.2, -0.15) is 33.2 Å². The molecule has 1 aromatic heterocycles. The van der Waals surface area contributed by atoms with Gasteiger partial charge in [0.05, 0.1) is 11.9 Å². The Kier molecular flexibility index (Phi) is 7.76. The molecule has 37 heavy (non-hydrogen) atoms. The number of anilines is 5. The van der Waals surface area contributed by atoms with E-state index in [-0.39, 0.29) is 22.8 Å². The molecule has 4 aromatic rings. The zero-order valence-corrected chi connectivity index (χ0v) is 18.9. The predicted octanol–water partition coefficient (Wildman–Crippen LogP) is 5.42. The summed E-state index contributed by atoms with van der Waals surface area (Å²) in [6.45, 7) is -1.60. The number of hydrazone groups is 1. The zero-order valence-electron chi connectivity index (χ0n) is 18.9. The normalized spacial score (nSPS) is 11.4. The summed E-state index contributed by atoms with van der Waals surface area (Å²) in [4.78, 5) is 13.9. The third-order valence-electron chi connectivity index (χ3n) is 4.67. The molecule has 2 N–H and O–H groups in total. The molecule has 0 aliphatic heterocycles. The summed E-state index contributed by atoms with van der Waals surface area (Å²) in [6, 6.07) is 23.3. The summed E-state index contributed by atoms with van der Waals surface area (Å²) in [5.41, 5.74) is 4.24. The summed E-state index contributed by atoms with van der Waals surface area (Å²) < 4.78 is 43.3. The van der Waals surface area contributed by atoms with Crippen molar-refractivity contribution in [3.8, 4) is 6.01 Å². The Morgan fingerprint density at radius 1 is 0.892 bits per heavy atom. The average Bonchev–Trinajstić information content (AvgIpc) is 2.89. The maximum Gasteiger partial charge on any atom is 0.422 e. The lowest BCUT2D eigenvalue weighted by atomic mass is 10.2. The third kappa shape index (κ3) is 7.13. The molecular weight excluding hydrogens is 491 g/mol. The third-order valence-corrected chi connectivity index (χ3v) is 4.67. The molecular formula is C24H19F3N7O3-. The molecule has 0 spiro atoms. The van der Waals surface area contributed by atoms with Gasteiger partial charge in [-0.25, -0.2) is 5.43 Å². The fraction of sp³-hybridized carbons (Fsp3) is 0.0833. The van der Waals surface area contributed by atoms with Gasteiger partial charge in [-0.05, 0) is 42.0 Å². The second kappa shape index (κ2) is 11.3. The largest absolute Gasteiger partial charge is 0.733 e. The molecule has 0 amide bonds. The average molecular weight is 510 g/mol.